The van der Waals surface area contributed by atoms with Gasteiger partial charge in [0.25, 0.3) is 5.19 Å². The number of nitrogens with zero attached hydrogens (tertiary/aromatic N) is 1. The Morgan fingerprint density at radius 2 is 2.31 bits per heavy atom. The smallest absolute Gasteiger partial charge is 0.333 e. The molecule has 1 fully saturated rings. The zero-order valence-electron chi connectivity index (χ0n) is 9.10. The Kier molecular flexibility index (Phi) is 2.86. The third-order valence-corrected chi connectivity index (χ3v) is 4.08. The molecule has 16 heavy (non-hydrogen) atoms. The van der Waals surface area contributed by atoms with Crippen molar-refractivity contribution in [3.63, 3.8) is 0 Å². The largest absolute Gasteiger partial charge is 0.479 e. The van der Waals surface area contributed by atoms with E-state index in [-0.39, 0.29) is 0 Å². The summed E-state index contributed by atoms with van der Waals surface area (Å²) in [5, 5.41) is 9.66. The van der Waals surface area contributed by atoms with E-state index < -0.39 is 17.5 Å². The molecule has 5 nitrogen and oxygen atoms in total. The fourth-order valence-electron chi connectivity index (χ4n) is 1.92. The van der Waals surface area contributed by atoms with Crippen molar-refractivity contribution in [1.29, 1.82) is 0 Å². The molecule has 2 rings (SSSR count). The molecule has 0 radical (unpaired) electrons. The first-order chi connectivity index (χ1) is 7.64. The predicted molar refractivity (Wildman–Crippen MR) is 58.0 cm³/mol. The van der Waals surface area contributed by atoms with Crippen molar-refractivity contribution in [3.8, 4) is 5.19 Å². The summed E-state index contributed by atoms with van der Waals surface area (Å²) in [5.74, 6) is -0.924. The quantitative estimate of drug-likeness (QED) is 0.843. The van der Waals surface area contributed by atoms with E-state index in [2.05, 4.69) is 4.98 Å². The van der Waals surface area contributed by atoms with Crippen LogP contribution in [0.5, 0.6) is 5.19 Å². The molecule has 0 spiro atoms. The minimum atomic E-state index is -0.924. The fourth-order valence-corrected chi connectivity index (χ4v) is 2.91. The molecule has 0 amide bonds. The van der Waals surface area contributed by atoms with Gasteiger partial charge in [-0.1, -0.05) is 11.3 Å². The van der Waals surface area contributed by atoms with Crippen LogP contribution < -0.4 is 4.74 Å². The summed E-state index contributed by atoms with van der Waals surface area (Å²) in [6.45, 7) is 0. The zero-order chi connectivity index (χ0) is 11.8. The molecule has 1 aliphatic carbocycles. The van der Waals surface area contributed by atoms with Gasteiger partial charge >= 0.3 is 5.97 Å². The first-order valence-electron chi connectivity index (χ1n) is 4.90. The summed E-state index contributed by atoms with van der Waals surface area (Å²) in [4.78, 5) is 16.1. The summed E-state index contributed by atoms with van der Waals surface area (Å²) in [5.41, 5.74) is -0.394. The lowest BCUT2D eigenvalue weighted by molar-refractivity contribution is -0.150. The lowest BCUT2D eigenvalue weighted by Gasteiger charge is -2.20. The number of carboxylic acids is 1. The monoisotopic (exact) mass is 243 g/mol. The third kappa shape index (κ3) is 1.68. The first-order valence-corrected chi connectivity index (χ1v) is 5.71. The molecule has 6 heteroatoms. The van der Waals surface area contributed by atoms with E-state index in [0.29, 0.717) is 5.19 Å². The maximum atomic E-state index is 11.1. The number of thiazole rings is 1. The van der Waals surface area contributed by atoms with Gasteiger partial charge in [-0.25, -0.2) is 9.78 Å². The van der Waals surface area contributed by atoms with Crippen LogP contribution in [0.15, 0.2) is 6.20 Å². The number of carbonyl (C=O) groups is 1. The van der Waals surface area contributed by atoms with Crippen LogP contribution in [0.2, 0.25) is 0 Å². The van der Waals surface area contributed by atoms with Gasteiger partial charge < -0.3 is 14.6 Å². The van der Waals surface area contributed by atoms with E-state index in [1.165, 1.54) is 18.4 Å². The molecule has 1 N–H and O–H groups in total. The molecule has 1 heterocycles. The molecule has 0 bridgehead atoms. The minimum Gasteiger partial charge on any atom is -0.479 e. The molecule has 88 valence electrons. The van der Waals surface area contributed by atoms with Gasteiger partial charge in [-0.2, -0.15) is 0 Å². The van der Waals surface area contributed by atoms with Gasteiger partial charge in [-0.05, 0) is 12.8 Å². The Morgan fingerprint density at radius 1 is 1.62 bits per heavy atom. The standard InChI is InChI=1S/C10H13NO4S/c1-14-7(8(12)13)10(3-4-10)6-5-11-9(15-2)16-6/h5,7H,3-4H2,1-2H3,(H,12,13). The van der Waals surface area contributed by atoms with Crippen molar-refractivity contribution < 1.29 is 19.4 Å². The molecular weight excluding hydrogens is 230 g/mol. The zero-order valence-corrected chi connectivity index (χ0v) is 9.91. The molecular formula is C10H13NO4S. The average molecular weight is 243 g/mol. The molecule has 1 aliphatic rings. The highest BCUT2D eigenvalue weighted by Crippen LogP contribution is 2.54. The molecule has 1 saturated carbocycles. The fraction of sp³-hybridized carbons (Fsp3) is 0.600. The highest BCUT2D eigenvalue weighted by molar-refractivity contribution is 7.13. The van der Waals surface area contributed by atoms with E-state index in [9.17, 15) is 4.79 Å². The summed E-state index contributed by atoms with van der Waals surface area (Å²) < 4.78 is 10.1. The van der Waals surface area contributed by atoms with Gasteiger partial charge in [-0.15, -0.1) is 0 Å². The normalized spacial score (nSPS) is 19.1. The van der Waals surface area contributed by atoms with Crippen molar-refractivity contribution in [3.05, 3.63) is 11.1 Å². The average Bonchev–Trinajstić information content (AvgIpc) is 2.90. The summed E-state index contributed by atoms with van der Waals surface area (Å²) in [6.07, 6.45) is 2.54. The topological polar surface area (TPSA) is 68.7 Å². The van der Waals surface area contributed by atoms with Crippen molar-refractivity contribution in [1.82, 2.24) is 4.98 Å². The Hall–Kier alpha value is -1.14. The van der Waals surface area contributed by atoms with Crippen LogP contribution >= 0.6 is 11.3 Å². The number of hydrogen-bond donors (Lipinski definition) is 1. The van der Waals surface area contributed by atoms with E-state index in [0.717, 1.165) is 17.7 Å². The van der Waals surface area contributed by atoms with E-state index in [4.69, 9.17) is 14.6 Å². The van der Waals surface area contributed by atoms with Crippen LogP contribution in [0.1, 0.15) is 17.7 Å². The highest BCUT2D eigenvalue weighted by Gasteiger charge is 2.55. The second kappa shape index (κ2) is 4.03. The van der Waals surface area contributed by atoms with E-state index in [1.807, 2.05) is 0 Å². The first kappa shape index (κ1) is 11.3. The molecule has 1 aromatic heterocycles. The summed E-state index contributed by atoms with van der Waals surface area (Å²) in [7, 11) is 2.98. The van der Waals surface area contributed by atoms with Crippen molar-refractivity contribution in [2.75, 3.05) is 14.2 Å². The second-order valence-corrected chi connectivity index (χ2v) is 4.80. The number of aromatic nitrogens is 1. The Bertz CT molecular complexity index is 399. The third-order valence-electron chi connectivity index (χ3n) is 2.90. The maximum absolute atomic E-state index is 11.1. The van der Waals surface area contributed by atoms with Gasteiger partial charge in [0, 0.05) is 23.6 Å². The van der Waals surface area contributed by atoms with E-state index in [1.54, 1.807) is 13.3 Å². The molecule has 0 aliphatic heterocycles. The summed E-state index contributed by atoms with van der Waals surface area (Å²) >= 11 is 1.39. The lowest BCUT2D eigenvalue weighted by Crippen LogP contribution is -2.35. The molecule has 0 aromatic carbocycles. The van der Waals surface area contributed by atoms with Crippen molar-refractivity contribution >= 4 is 17.3 Å². The van der Waals surface area contributed by atoms with Crippen LogP contribution in [-0.2, 0) is 14.9 Å². The van der Waals surface area contributed by atoms with Gasteiger partial charge in [0.2, 0.25) is 0 Å². The number of rotatable bonds is 5. The maximum Gasteiger partial charge on any atom is 0.333 e. The van der Waals surface area contributed by atoms with Crippen LogP contribution in [0.3, 0.4) is 0 Å². The summed E-state index contributed by atoms with van der Waals surface area (Å²) in [6, 6.07) is 0. The Labute approximate surface area is 97.0 Å². The number of methoxy groups -OCH3 is 2. The molecule has 1 atom stereocenters. The van der Waals surface area contributed by atoms with Crippen LogP contribution in [-0.4, -0.2) is 36.4 Å². The lowest BCUT2D eigenvalue weighted by atomic mass is 9.98. The van der Waals surface area contributed by atoms with Crippen molar-refractivity contribution in [2.45, 2.75) is 24.4 Å². The van der Waals surface area contributed by atoms with E-state index >= 15 is 0 Å². The predicted octanol–water partition coefficient (Wildman–Crippen LogP) is 1.28. The van der Waals surface area contributed by atoms with Gasteiger partial charge in [0.1, 0.15) is 0 Å². The number of hydrogen-bond acceptors (Lipinski definition) is 5. The Balaban J connectivity index is 2.27. The molecule has 1 aromatic rings. The molecule has 0 saturated heterocycles. The van der Waals surface area contributed by atoms with Crippen LogP contribution in [0, 0.1) is 0 Å². The SMILES string of the molecule is COc1ncc(C2(C(OC)C(=O)O)CC2)s1. The second-order valence-electron chi connectivity index (χ2n) is 3.80. The minimum absolute atomic E-state index is 0.394. The number of ether oxygens (including phenoxy) is 2. The number of aliphatic carboxylic acids is 1. The number of carboxylic acid groups (broad SMARTS) is 1. The van der Waals surface area contributed by atoms with Crippen LogP contribution in [0.4, 0.5) is 0 Å². The van der Waals surface area contributed by atoms with Crippen molar-refractivity contribution in [2.24, 2.45) is 0 Å². The molecule has 1 unspecified atom stereocenters. The van der Waals surface area contributed by atoms with Gasteiger partial charge in [-0.3, -0.25) is 0 Å². The van der Waals surface area contributed by atoms with Crippen LogP contribution in [0.25, 0.3) is 0 Å². The van der Waals surface area contributed by atoms with Gasteiger partial charge in [0.15, 0.2) is 6.10 Å². The highest BCUT2D eigenvalue weighted by atomic mass is 32.1. The Morgan fingerprint density at radius 3 is 2.69 bits per heavy atom. The van der Waals surface area contributed by atoms with Gasteiger partial charge in [0.05, 0.1) is 7.11 Å².